The Balaban J connectivity index is 1.63. The molecule has 1 unspecified atom stereocenters. The molecular formula is C23H25FN4O4S2. The monoisotopic (exact) mass is 504 g/mol. The Kier molecular flexibility index (Phi) is 6.94. The number of aromatic nitrogens is 2. The highest BCUT2D eigenvalue weighted by Crippen LogP contribution is 2.34. The molecule has 2 amide bonds. The van der Waals surface area contributed by atoms with Gasteiger partial charge in [-0.3, -0.25) is 9.59 Å². The van der Waals surface area contributed by atoms with Crippen LogP contribution in [0.5, 0.6) is 0 Å². The first kappa shape index (κ1) is 24.2. The van der Waals surface area contributed by atoms with E-state index >= 15 is 0 Å². The topological polar surface area (TPSA) is 118 Å². The maximum Gasteiger partial charge on any atom is 0.245 e. The van der Waals surface area contributed by atoms with Crippen LogP contribution in [0.1, 0.15) is 36.9 Å². The Morgan fingerprint density at radius 1 is 1.18 bits per heavy atom. The molecule has 0 aliphatic heterocycles. The van der Waals surface area contributed by atoms with Gasteiger partial charge in [-0.25, -0.2) is 18.4 Å². The number of hydrogen-bond acceptors (Lipinski definition) is 7. The number of benzene rings is 1. The van der Waals surface area contributed by atoms with Gasteiger partial charge in [-0.05, 0) is 48.6 Å². The fraction of sp³-hybridized carbons (Fsp3) is 0.391. The van der Waals surface area contributed by atoms with Crippen LogP contribution in [0.2, 0.25) is 0 Å². The molecule has 8 nitrogen and oxygen atoms in total. The summed E-state index contributed by atoms with van der Waals surface area (Å²) in [6.45, 7) is 3.23. The second kappa shape index (κ2) is 9.75. The lowest BCUT2D eigenvalue weighted by molar-refractivity contribution is -0.126. The zero-order chi connectivity index (χ0) is 24.5. The second-order valence-corrected chi connectivity index (χ2v) is 12.0. The number of hydrogen-bond donors (Lipinski definition) is 2. The van der Waals surface area contributed by atoms with Gasteiger partial charge in [0.25, 0.3) is 0 Å². The van der Waals surface area contributed by atoms with E-state index in [0.717, 1.165) is 29.7 Å². The molecule has 1 aliphatic carbocycles. The smallest absolute Gasteiger partial charge is 0.245 e. The minimum Gasteiger partial charge on any atom is -0.352 e. The van der Waals surface area contributed by atoms with E-state index in [4.69, 9.17) is 0 Å². The number of thiazole rings is 1. The van der Waals surface area contributed by atoms with Crippen molar-refractivity contribution in [3.8, 4) is 11.1 Å². The maximum absolute atomic E-state index is 13.2. The largest absolute Gasteiger partial charge is 0.352 e. The highest BCUT2D eigenvalue weighted by atomic mass is 32.2. The quantitative estimate of drug-likeness (QED) is 0.433. The molecule has 1 atom stereocenters. The molecule has 2 N–H and O–H groups in total. The summed E-state index contributed by atoms with van der Waals surface area (Å²) in [5.41, 5.74) is 1.94. The fourth-order valence-electron chi connectivity index (χ4n) is 3.54. The van der Waals surface area contributed by atoms with Crippen molar-refractivity contribution in [3.05, 3.63) is 47.5 Å². The van der Waals surface area contributed by atoms with Gasteiger partial charge >= 0.3 is 0 Å². The SMILES string of the molecule is CC(C)CS(=O)(=O)C(C(=O)NCC(=O)NC1CC1)c1nc2cc(-c3ccc(F)nc3)ccc2s1. The van der Waals surface area contributed by atoms with E-state index in [9.17, 15) is 22.4 Å². The summed E-state index contributed by atoms with van der Waals surface area (Å²) in [7, 11) is -3.89. The second-order valence-electron chi connectivity index (χ2n) is 8.77. The fourth-order valence-corrected chi connectivity index (χ4v) is 6.94. The van der Waals surface area contributed by atoms with Crippen LogP contribution in [0.3, 0.4) is 0 Å². The zero-order valence-electron chi connectivity index (χ0n) is 18.7. The van der Waals surface area contributed by atoms with Gasteiger partial charge in [0.2, 0.25) is 17.8 Å². The van der Waals surface area contributed by atoms with Crippen LogP contribution in [0.25, 0.3) is 21.3 Å². The van der Waals surface area contributed by atoms with Crippen LogP contribution in [0.15, 0.2) is 36.5 Å². The third-order valence-electron chi connectivity index (χ3n) is 5.22. The van der Waals surface area contributed by atoms with Crippen LogP contribution in [0, 0.1) is 11.9 Å². The van der Waals surface area contributed by atoms with Gasteiger partial charge in [0, 0.05) is 17.8 Å². The Morgan fingerprint density at radius 3 is 2.56 bits per heavy atom. The Labute approximate surface area is 200 Å². The van der Waals surface area contributed by atoms with E-state index in [0.29, 0.717) is 15.8 Å². The first-order chi connectivity index (χ1) is 16.1. The molecular weight excluding hydrogens is 479 g/mol. The molecule has 3 aromatic rings. The molecule has 0 bridgehead atoms. The molecule has 0 spiro atoms. The molecule has 1 fully saturated rings. The van der Waals surface area contributed by atoms with Crippen molar-refractivity contribution in [2.24, 2.45) is 5.92 Å². The highest BCUT2D eigenvalue weighted by Gasteiger charge is 2.37. The van der Waals surface area contributed by atoms with Crippen LogP contribution in [0.4, 0.5) is 4.39 Å². The van der Waals surface area contributed by atoms with E-state index < -0.39 is 26.9 Å². The molecule has 1 aliphatic rings. The van der Waals surface area contributed by atoms with Gasteiger partial charge in [0.15, 0.2) is 15.1 Å². The van der Waals surface area contributed by atoms with Crippen molar-refractivity contribution in [1.29, 1.82) is 0 Å². The van der Waals surface area contributed by atoms with Crippen molar-refractivity contribution >= 4 is 43.2 Å². The Hall–Kier alpha value is -2.92. The number of halogens is 1. The molecule has 1 aromatic carbocycles. The molecule has 180 valence electrons. The van der Waals surface area contributed by atoms with Crippen LogP contribution >= 0.6 is 11.3 Å². The average molecular weight is 505 g/mol. The number of amides is 2. The van der Waals surface area contributed by atoms with Crippen molar-refractivity contribution in [3.63, 3.8) is 0 Å². The predicted molar refractivity (Wildman–Crippen MR) is 128 cm³/mol. The van der Waals surface area contributed by atoms with Crippen LogP contribution in [-0.4, -0.2) is 48.5 Å². The van der Waals surface area contributed by atoms with Gasteiger partial charge in [0.1, 0.15) is 5.01 Å². The third-order valence-corrected chi connectivity index (χ3v) is 8.75. The average Bonchev–Trinajstić information content (AvgIpc) is 3.47. The summed E-state index contributed by atoms with van der Waals surface area (Å²) in [4.78, 5) is 33.2. The summed E-state index contributed by atoms with van der Waals surface area (Å²) < 4.78 is 40.2. The molecule has 2 heterocycles. The Bertz CT molecular complexity index is 1320. The summed E-state index contributed by atoms with van der Waals surface area (Å²) >= 11 is 1.12. The summed E-state index contributed by atoms with van der Waals surface area (Å²) in [6, 6.07) is 8.31. The summed E-state index contributed by atoms with van der Waals surface area (Å²) in [5, 5.41) is 3.86. The molecule has 0 radical (unpaired) electrons. The lowest BCUT2D eigenvalue weighted by Gasteiger charge is -2.16. The van der Waals surface area contributed by atoms with Gasteiger partial charge in [-0.2, -0.15) is 4.39 Å². The predicted octanol–water partition coefficient (Wildman–Crippen LogP) is 3.00. The normalized spacial score (nSPS) is 14.8. The Morgan fingerprint density at radius 2 is 1.91 bits per heavy atom. The van der Waals surface area contributed by atoms with Gasteiger partial charge in [0.05, 0.1) is 22.5 Å². The molecule has 4 rings (SSSR count). The van der Waals surface area contributed by atoms with Gasteiger partial charge < -0.3 is 10.6 Å². The van der Waals surface area contributed by atoms with Crippen molar-refractivity contribution in [2.75, 3.05) is 12.3 Å². The minimum absolute atomic E-state index is 0.139. The van der Waals surface area contributed by atoms with Gasteiger partial charge in [-0.15, -0.1) is 11.3 Å². The standard InChI is InChI=1S/C23H25FN4O4S2/c1-13(2)12-34(31,32)21(22(30)26-11-20(29)27-16-5-6-16)23-28-17-9-14(3-7-18(17)33-23)15-4-8-19(24)25-10-15/h3-4,7-10,13,16,21H,5-6,11-12H2,1-2H3,(H,26,30)(H,27,29). The zero-order valence-corrected chi connectivity index (χ0v) is 20.4. The van der Waals surface area contributed by atoms with E-state index in [-0.39, 0.29) is 35.2 Å². The molecule has 1 saturated carbocycles. The number of rotatable bonds is 9. The van der Waals surface area contributed by atoms with Crippen molar-refractivity contribution < 1.29 is 22.4 Å². The van der Waals surface area contributed by atoms with E-state index in [1.165, 1.54) is 12.3 Å². The van der Waals surface area contributed by atoms with Crippen molar-refractivity contribution in [1.82, 2.24) is 20.6 Å². The van der Waals surface area contributed by atoms with E-state index in [1.807, 2.05) is 0 Å². The van der Waals surface area contributed by atoms with Crippen molar-refractivity contribution in [2.45, 2.75) is 38.0 Å². The van der Waals surface area contributed by atoms with Crippen LogP contribution < -0.4 is 10.6 Å². The van der Waals surface area contributed by atoms with E-state index in [1.54, 1.807) is 38.1 Å². The highest BCUT2D eigenvalue weighted by molar-refractivity contribution is 7.92. The van der Waals surface area contributed by atoms with Crippen LogP contribution in [-0.2, 0) is 19.4 Å². The lowest BCUT2D eigenvalue weighted by atomic mass is 10.1. The number of pyridine rings is 1. The lowest BCUT2D eigenvalue weighted by Crippen LogP contribution is -2.42. The first-order valence-corrected chi connectivity index (χ1v) is 13.5. The van der Waals surface area contributed by atoms with Gasteiger partial charge in [-0.1, -0.05) is 19.9 Å². The number of sulfone groups is 1. The summed E-state index contributed by atoms with van der Waals surface area (Å²) in [6.07, 6.45) is 3.22. The molecule has 34 heavy (non-hydrogen) atoms. The number of fused-ring (bicyclic) bond motifs is 1. The molecule has 11 heteroatoms. The molecule has 2 aromatic heterocycles. The number of nitrogens with one attached hydrogen (secondary N) is 2. The number of carbonyl (C=O) groups is 2. The van der Waals surface area contributed by atoms with E-state index in [2.05, 4.69) is 20.6 Å². The minimum atomic E-state index is -3.89. The maximum atomic E-state index is 13.2. The third kappa shape index (κ3) is 5.76. The molecule has 0 saturated heterocycles. The first-order valence-electron chi connectivity index (χ1n) is 10.9. The number of carbonyl (C=O) groups excluding carboxylic acids is 2. The summed E-state index contributed by atoms with van der Waals surface area (Å²) in [5.74, 6) is -2.09. The number of nitrogens with zero attached hydrogens (tertiary/aromatic N) is 2.